The van der Waals surface area contributed by atoms with Gasteiger partial charge in [0.2, 0.25) is 0 Å². The van der Waals surface area contributed by atoms with Crippen LogP contribution in [0.3, 0.4) is 0 Å². The molecule has 1 aliphatic rings. The molecule has 0 amide bonds. The average Bonchev–Trinajstić information content (AvgIpc) is 2.52. The molecular weight excluding hydrogens is 288 g/mol. The number of hydrogen-bond donors (Lipinski definition) is 2. The Morgan fingerprint density at radius 1 is 1.13 bits per heavy atom. The second-order valence-electron chi connectivity index (χ2n) is 7.05. The number of ether oxygens (including phenoxy) is 1. The summed E-state index contributed by atoms with van der Waals surface area (Å²) in [5.41, 5.74) is -0.216. The molecule has 1 aliphatic carbocycles. The summed E-state index contributed by atoms with van der Waals surface area (Å²) in [6.45, 7) is 4.29. The molecule has 3 nitrogen and oxygen atoms in total. The zero-order valence-corrected chi connectivity index (χ0v) is 14.7. The van der Waals surface area contributed by atoms with Gasteiger partial charge in [0, 0.05) is 11.6 Å². The van der Waals surface area contributed by atoms with Crippen LogP contribution in [0.15, 0.2) is 18.2 Å². The molecule has 1 unspecified atom stereocenters. The Kier molecular flexibility index (Phi) is 6.76. The monoisotopic (exact) mass is 320 g/mol. The molecule has 0 saturated heterocycles. The van der Waals surface area contributed by atoms with Crippen LogP contribution < -0.4 is 4.74 Å². The van der Waals surface area contributed by atoms with Gasteiger partial charge in [-0.15, -0.1) is 0 Å². The van der Waals surface area contributed by atoms with Crippen molar-refractivity contribution in [2.24, 2.45) is 0 Å². The number of phenolic OH excluding ortho intramolecular Hbond substituents is 1. The largest absolute Gasteiger partial charge is 0.507 e. The van der Waals surface area contributed by atoms with Gasteiger partial charge in [-0.1, -0.05) is 45.4 Å². The standard InChI is InChI=1S/C20H32O3/c1-3-4-5-7-10-16(2)23-17-11-12-18(19(21)15-17)20(22)13-8-6-9-14-20/h11-12,15-16,21-22H,3-10,13-14H2,1-2H3. The Bertz CT molecular complexity index is 478. The molecule has 0 bridgehead atoms. The van der Waals surface area contributed by atoms with E-state index >= 15 is 0 Å². The highest BCUT2D eigenvalue weighted by atomic mass is 16.5. The van der Waals surface area contributed by atoms with Gasteiger partial charge in [0.25, 0.3) is 0 Å². The topological polar surface area (TPSA) is 49.7 Å². The molecule has 1 aromatic rings. The highest BCUT2D eigenvalue weighted by molar-refractivity contribution is 5.43. The van der Waals surface area contributed by atoms with Gasteiger partial charge < -0.3 is 14.9 Å². The molecule has 0 spiro atoms. The van der Waals surface area contributed by atoms with Crippen molar-refractivity contribution in [1.82, 2.24) is 0 Å². The quantitative estimate of drug-likeness (QED) is 0.641. The van der Waals surface area contributed by atoms with Crippen molar-refractivity contribution in [1.29, 1.82) is 0 Å². The number of unbranched alkanes of at least 4 members (excludes halogenated alkanes) is 3. The predicted octanol–water partition coefficient (Wildman–Crippen LogP) is 5.28. The second kappa shape index (κ2) is 8.58. The fourth-order valence-electron chi connectivity index (χ4n) is 3.53. The summed E-state index contributed by atoms with van der Waals surface area (Å²) in [6, 6.07) is 5.37. The van der Waals surface area contributed by atoms with Crippen LogP contribution in [0.4, 0.5) is 0 Å². The molecule has 2 rings (SSSR count). The summed E-state index contributed by atoms with van der Waals surface area (Å²) in [4.78, 5) is 0. The summed E-state index contributed by atoms with van der Waals surface area (Å²) >= 11 is 0. The first-order valence-corrected chi connectivity index (χ1v) is 9.27. The van der Waals surface area contributed by atoms with Crippen molar-refractivity contribution in [3.05, 3.63) is 23.8 Å². The Balaban J connectivity index is 1.93. The van der Waals surface area contributed by atoms with E-state index in [0.717, 1.165) is 32.1 Å². The Morgan fingerprint density at radius 2 is 1.87 bits per heavy atom. The maximum atomic E-state index is 10.8. The summed E-state index contributed by atoms with van der Waals surface area (Å²) < 4.78 is 5.91. The van der Waals surface area contributed by atoms with Crippen molar-refractivity contribution in [3.63, 3.8) is 0 Å². The van der Waals surface area contributed by atoms with E-state index in [1.807, 2.05) is 12.1 Å². The molecule has 0 heterocycles. The molecule has 0 aliphatic heterocycles. The normalized spacial score (nSPS) is 18.6. The van der Waals surface area contributed by atoms with Crippen molar-refractivity contribution >= 4 is 0 Å². The van der Waals surface area contributed by atoms with E-state index in [0.29, 0.717) is 11.3 Å². The predicted molar refractivity (Wildman–Crippen MR) is 93.9 cm³/mol. The van der Waals surface area contributed by atoms with Crippen molar-refractivity contribution in [3.8, 4) is 11.5 Å². The third kappa shape index (κ3) is 5.13. The molecule has 1 aromatic carbocycles. The Hall–Kier alpha value is -1.22. The SMILES string of the molecule is CCCCCCC(C)Oc1ccc(C2(O)CCCCC2)c(O)c1. The van der Waals surface area contributed by atoms with Gasteiger partial charge in [-0.25, -0.2) is 0 Å². The molecule has 23 heavy (non-hydrogen) atoms. The first-order chi connectivity index (χ1) is 11.0. The molecular formula is C20H32O3. The summed E-state index contributed by atoms with van der Waals surface area (Å²) in [5.74, 6) is 0.846. The third-order valence-electron chi connectivity index (χ3n) is 4.95. The maximum absolute atomic E-state index is 10.8. The zero-order valence-electron chi connectivity index (χ0n) is 14.7. The smallest absolute Gasteiger partial charge is 0.125 e. The lowest BCUT2D eigenvalue weighted by atomic mass is 9.79. The number of phenols is 1. The van der Waals surface area contributed by atoms with E-state index in [-0.39, 0.29) is 11.9 Å². The summed E-state index contributed by atoms with van der Waals surface area (Å²) in [5, 5.41) is 21.1. The van der Waals surface area contributed by atoms with Crippen LogP contribution in [0.5, 0.6) is 11.5 Å². The van der Waals surface area contributed by atoms with Gasteiger partial charge in [-0.3, -0.25) is 0 Å². The van der Waals surface area contributed by atoms with E-state index in [4.69, 9.17) is 4.74 Å². The van der Waals surface area contributed by atoms with E-state index < -0.39 is 5.60 Å². The zero-order chi connectivity index (χ0) is 16.7. The van der Waals surface area contributed by atoms with Crippen molar-refractivity contribution in [2.45, 2.75) is 89.8 Å². The lowest BCUT2D eigenvalue weighted by molar-refractivity contribution is -0.00258. The fraction of sp³-hybridized carbons (Fsp3) is 0.700. The fourth-order valence-corrected chi connectivity index (χ4v) is 3.53. The molecule has 1 atom stereocenters. The first kappa shape index (κ1) is 18.1. The second-order valence-corrected chi connectivity index (χ2v) is 7.05. The molecule has 1 saturated carbocycles. The van der Waals surface area contributed by atoms with Crippen molar-refractivity contribution in [2.75, 3.05) is 0 Å². The molecule has 130 valence electrons. The van der Waals surface area contributed by atoms with Crippen LogP contribution in [0.2, 0.25) is 0 Å². The number of aromatic hydroxyl groups is 1. The van der Waals surface area contributed by atoms with Gasteiger partial charge in [0.05, 0.1) is 11.7 Å². The lowest BCUT2D eigenvalue weighted by Crippen LogP contribution is -2.28. The van der Waals surface area contributed by atoms with Crippen LogP contribution in [0.1, 0.15) is 83.6 Å². The van der Waals surface area contributed by atoms with Crippen LogP contribution >= 0.6 is 0 Å². The van der Waals surface area contributed by atoms with E-state index in [1.54, 1.807) is 6.07 Å². The minimum atomic E-state index is -0.868. The first-order valence-electron chi connectivity index (χ1n) is 9.27. The Morgan fingerprint density at radius 3 is 2.52 bits per heavy atom. The van der Waals surface area contributed by atoms with Crippen LogP contribution in [0, 0.1) is 0 Å². The lowest BCUT2D eigenvalue weighted by Gasteiger charge is -2.33. The molecule has 2 N–H and O–H groups in total. The highest BCUT2D eigenvalue weighted by Crippen LogP contribution is 2.41. The molecule has 0 radical (unpaired) electrons. The van der Waals surface area contributed by atoms with Crippen LogP contribution in [-0.2, 0) is 5.60 Å². The molecule has 3 heteroatoms. The number of hydrogen-bond acceptors (Lipinski definition) is 3. The van der Waals surface area contributed by atoms with E-state index in [9.17, 15) is 10.2 Å². The van der Waals surface area contributed by atoms with Gasteiger partial charge in [-0.2, -0.15) is 0 Å². The average molecular weight is 320 g/mol. The molecule has 0 aromatic heterocycles. The van der Waals surface area contributed by atoms with E-state index in [1.165, 1.54) is 32.1 Å². The third-order valence-corrected chi connectivity index (χ3v) is 4.95. The highest BCUT2D eigenvalue weighted by Gasteiger charge is 2.33. The minimum absolute atomic E-state index is 0.148. The maximum Gasteiger partial charge on any atom is 0.125 e. The van der Waals surface area contributed by atoms with Gasteiger partial charge in [-0.05, 0) is 44.7 Å². The Labute approximate surface area is 140 Å². The van der Waals surface area contributed by atoms with Gasteiger partial charge >= 0.3 is 0 Å². The number of benzene rings is 1. The van der Waals surface area contributed by atoms with E-state index in [2.05, 4.69) is 13.8 Å². The number of aliphatic hydroxyl groups is 1. The van der Waals surface area contributed by atoms with Crippen LogP contribution in [-0.4, -0.2) is 16.3 Å². The minimum Gasteiger partial charge on any atom is -0.507 e. The van der Waals surface area contributed by atoms with Gasteiger partial charge in [0.1, 0.15) is 11.5 Å². The van der Waals surface area contributed by atoms with Crippen molar-refractivity contribution < 1.29 is 14.9 Å². The number of rotatable bonds is 8. The van der Waals surface area contributed by atoms with Gasteiger partial charge in [0.15, 0.2) is 0 Å². The molecule has 1 fully saturated rings. The van der Waals surface area contributed by atoms with Crippen LogP contribution in [0.25, 0.3) is 0 Å². The summed E-state index contributed by atoms with van der Waals surface area (Å²) in [6.07, 6.45) is 10.8. The summed E-state index contributed by atoms with van der Waals surface area (Å²) in [7, 11) is 0.